The van der Waals surface area contributed by atoms with E-state index in [1.54, 1.807) is 0 Å². The molecule has 0 unspecified atom stereocenters. The molecule has 0 radical (unpaired) electrons. The Bertz CT molecular complexity index is 532. The van der Waals surface area contributed by atoms with E-state index in [0.29, 0.717) is 5.57 Å². The Morgan fingerprint density at radius 3 is 2.68 bits per heavy atom. The highest BCUT2D eigenvalue weighted by Gasteiger charge is 2.11. The first-order chi connectivity index (χ1) is 9.31. The summed E-state index contributed by atoms with van der Waals surface area (Å²) in [6, 6.07) is 9.51. The Kier molecular flexibility index (Phi) is 4.77. The van der Waals surface area contributed by atoms with Crippen LogP contribution in [0.25, 0.3) is 5.57 Å². The summed E-state index contributed by atoms with van der Waals surface area (Å²) in [5, 5.41) is 0. The standard InChI is InChI=1S/C17H18O2/c1-19-17(18)16(15-10-6-3-7-11-15)13-12-14-8-4-2-5-9-14/h3,6-8,10-12H,2,4-5,9H2,1H3. The average molecular weight is 254 g/mol. The monoisotopic (exact) mass is 254 g/mol. The Hall–Kier alpha value is -2.05. The molecule has 1 aromatic rings. The lowest BCUT2D eigenvalue weighted by Gasteiger charge is -2.07. The molecular formula is C17H18O2. The van der Waals surface area contributed by atoms with Gasteiger partial charge in [-0.1, -0.05) is 36.4 Å². The summed E-state index contributed by atoms with van der Waals surface area (Å²) in [6.07, 6.45) is 8.78. The Morgan fingerprint density at radius 1 is 1.26 bits per heavy atom. The summed E-state index contributed by atoms with van der Waals surface area (Å²) >= 11 is 0. The van der Waals surface area contributed by atoms with E-state index in [1.165, 1.54) is 25.5 Å². The minimum absolute atomic E-state index is 0.348. The fourth-order valence-electron chi connectivity index (χ4n) is 2.13. The normalized spacial score (nSPS) is 14.1. The number of allylic oxidation sites excluding steroid dienone is 2. The number of carbonyl (C=O) groups is 1. The van der Waals surface area contributed by atoms with Crippen LogP contribution in [0.2, 0.25) is 0 Å². The first kappa shape index (κ1) is 13.4. The third-order valence-electron chi connectivity index (χ3n) is 3.18. The summed E-state index contributed by atoms with van der Waals surface area (Å²) < 4.78 is 4.83. The lowest BCUT2D eigenvalue weighted by molar-refractivity contribution is -0.133. The molecule has 1 aromatic carbocycles. The van der Waals surface area contributed by atoms with Crippen molar-refractivity contribution in [3.05, 3.63) is 59.4 Å². The third-order valence-corrected chi connectivity index (χ3v) is 3.18. The zero-order valence-corrected chi connectivity index (χ0v) is 11.2. The quantitative estimate of drug-likeness (QED) is 0.464. The van der Waals surface area contributed by atoms with Crippen LogP contribution in [0.4, 0.5) is 0 Å². The number of carbonyl (C=O) groups excluding carboxylic acids is 1. The Balaban J connectivity index is 2.35. The SMILES string of the molecule is COC(=O)C(=C=CC1=CCCCC1)c1ccccc1. The van der Waals surface area contributed by atoms with Gasteiger partial charge in [-0.2, -0.15) is 0 Å². The molecule has 0 aliphatic heterocycles. The van der Waals surface area contributed by atoms with Gasteiger partial charge in [-0.25, -0.2) is 4.79 Å². The molecule has 2 heteroatoms. The molecule has 1 aliphatic carbocycles. The predicted molar refractivity (Wildman–Crippen MR) is 76.5 cm³/mol. The van der Waals surface area contributed by atoms with Crippen LogP contribution in [0.15, 0.2) is 53.8 Å². The molecule has 0 amide bonds. The van der Waals surface area contributed by atoms with Crippen LogP contribution in [0.3, 0.4) is 0 Å². The van der Waals surface area contributed by atoms with Crippen molar-refractivity contribution in [2.24, 2.45) is 0 Å². The van der Waals surface area contributed by atoms with E-state index in [0.717, 1.165) is 18.4 Å². The van der Waals surface area contributed by atoms with E-state index < -0.39 is 0 Å². The smallest absolute Gasteiger partial charge is 0.346 e. The van der Waals surface area contributed by atoms with Crippen LogP contribution < -0.4 is 0 Å². The number of methoxy groups -OCH3 is 1. The second-order valence-electron chi connectivity index (χ2n) is 4.55. The van der Waals surface area contributed by atoms with Gasteiger partial charge in [0.25, 0.3) is 0 Å². The van der Waals surface area contributed by atoms with E-state index in [1.807, 2.05) is 36.4 Å². The summed E-state index contributed by atoms with van der Waals surface area (Å²) in [5.74, 6) is -0.348. The Labute approximate surface area is 114 Å². The fourth-order valence-corrected chi connectivity index (χ4v) is 2.13. The number of rotatable bonds is 3. The molecule has 0 N–H and O–H groups in total. The number of benzene rings is 1. The zero-order valence-electron chi connectivity index (χ0n) is 11.2. The van der Waals surface area contributed by atoms with Gasteiger partial charge in [-0.05, 0) is 42.9 Å². The van der Waals surface area contributed by atoms with Crippen molar-refractivity contribution in [3.8, 4) is 0 Å². The largest absolute Gasteiger partial charge is 0.465 e. The number of hydrogen-bond acceptors (Lipinski definition) is 2. The third kappa shape index (κ3) is 3.70. The molecule has 0 spiro atoms. The highest BCUT2D eigenvalue weighted by Crippen LogP contribution is 2.19. The van der Waals surface area contributed by atoms with Crippen molar-refractivity contribution in [2.75, 3.05) is 7.11 Å². The lowest BCUT2D eigenvalue weighted by atomic mass is 9.99. The van der Waals surface area contributed by atoms with Crippen molar-refractivity contribution in [1.29, 1.82) is 0 Å². The molecule has 0 heterocycles. The fraction of sp³-hybridized carbons (Fsp3) is 0.294. The molecule has 2 rings (SSSR count). The number of ether oxygens (including phenoxy) is 1. The lowest BCUT2D eigenvalue weighted by Crippen LogP contribution is -2.02. The van der Waals surface area contributed by atoms with Crippen molar-refractivity contribution in [1.82, 2.24) is 0 Å². The van der Waals surface area contributed by atoms with Crippen molar-refractivity contribution >= 4 is 11.5 Å². The highest BCUT2D eigenvalue weighted by molar-refractivity contribution is 6.16. The maximum Gasteiger partial charge on any atom is 0.346 e. The van der Waals surface area contributed by atoms with Gasteiger partial charge < -0.3 is 4.74 Å². The molecule has 0 atom stereocenters. The number of hydrogen-bond donors (Lipinski definition) is 0. The van der Waals surface area contributed by atoms with E-state index in [2.05, 4.69) is 11.8 Å². The van der Waals surface area contributed by atoms with Gasteiger partial charge in [0.1, 0.15) is 5.57 Å². The van der Waals surface area contributed by atoms with Gasteiger partial charge in [-0.15, -0.1) is 5.73 Å². The number of esters is 1. The molecule has 2 nitrogen and oxygen atoms in total. The van der Waals surface area contributed by atoms with Crippen LogP contribution >= 0.6 is 0 Å². The van der Waals surface area contributed by atoms with Crippen LogP contribution in [0, 0.1) is 0 Å². The van der Waals surface area contributed by atoms with Crippen LogP contribution in [0.5, 0.6) is 0 Å². The van der Waals surface area contributed by atoms with Gasteiger partial charge in [0.15, 0.2) is 0 Å². The van der Waals surface area contributed by atoms with Crippen molar-refractivity contribution in [2.45, 2.75) is 25.7 Å². The summed E-state index contributed by atoms with van der Waals surface area (Å²) in [6.45, 7) is 0. The zero-order chi connectivity index (χ0) is 13.5. The Morgan fingerprint density at radius 2 is 2.05 bits per heavy atom. The maximum atomic E-state index is 11.8. The van der Waals surface area contributed by atoms with E-state index in [9.17, 15) is 4.79 Å². The second-order valence-corrected chi connectivity index (χ2v) is 4.55. The summed E-state index contributed by atoms with van der Waals surface area (Å²) in [4.78, 5) is 11.8. The second kappa shape index (κ2) is 6.77. The molecule has 0 fully saturated rings. The first-order valence-corrected chi connectivity index (χ1v) is 6.61. The minimum Gasteiger partial charge on any atom is -0.465 e. The molecule has 0 saturated heterocycles. The molecule has 0 bridgehead atoms. The molecule has 1 aliphatic rings. The van der Waals surface area contributed by atoms with Gasteiger partial charge in [0.05, 0.1) is 7.11 Å². The predicted octanol–water partition coefficient (Wildman–Crippen LogP) is 3.90. The van der Waals surface area contributed by atoms with E-state index in [-0.39, 0.29) is 5.97 Å². The summed E-state index contributed by atoms with van der Waals surface area (Å²) in [5.41, 5.74) is 5.67. The summed E-state index contributed by atoms with van der Waals surface area (Å²) in [7, 11) is 1.40. The highest BCUT2D eigenvalue weighted by atomic mass is 16.5. The molecular weight excluding hydrogens is 236 g/mol. The van der Waals surface area contributed by atoms with Crippen LogP contribution in [0.1, 0.15) is 31.2 Å². The molecule has 98 valence electrons. The molecule has 19 heavy (non-hydrogen) atoms. The van der Waals surface area contributed by atoms with Crippen molar-refractivity contribution < 1.29 is 9.53 Å². The molecule has 0 aromatic heterocycles. The van der Waals surface area contributed by atoms with Crippen LogP contribution in [-0.4, -0.2) is 13.1 Å². The average Bonchev–Trinajstić information content (AvgIpc) is 2.49. The van der Waals surface area contributed by atoms with Gasteiger partial charge >= 0.3 is 5.97 Å². The van der Waals surface area contributed by atoms with Crippen molar-refractivity contribution in [3.63, 3.8) is 0 Å². The van der Waals surface area contributed by atoms with Gasteiger partial charge in [0.2, 0.25) is 0 Å². The first-order valence-electron chi connectivity index (χ1n) is 6.61. The van der Waals surface area contributed by atoms with Crippen LogP contribution in [-0.2, 0) is 9.53 Å². The van der Waals surface area contributed by atoms with E-state index in [4.69, 9.17) is 4.74 Å². The van der Waals surface area contributed by atoms with Gasteiger partial charge in [-0.3, -0.25) is 0 Å². The minimum atomic E-state index is -0.348. The topological polar surface area (TPSA) is 26.3 Å². The maximum absolute atomic E-state index is 11.8. The van der Waals surface area contributed by atoms with E-state index >= 15 is 0 Å². The van der Waals surface area contributed by atoms with Gasteiger partial charge in [0, 0.05) is 0 Å². The molecule has 0 saturated carbocycles.